The normalized spacial score (nSPS) is 13.0. The Balaban J connectivity index is 1.48. The number of rotatable bonds is 7. The first-order chi connectivity index (χ1) is 15.6. The Hall–Kier alpha value is -2.89. The van der Waals surface area contributed by atoms with Crippen LogP contribution in [0.5, 0.6) is 0 Å². The third-order valence-corrected chi connectivity index (χ3v) is 7.05. The van der Waals surface area contributed by atoms with Crippen molar-refractivity contribution in [2.24, 2.45) is 0 Å². The van der Waals surface area contributed by atoms with Gasteiger partial charge >= 0.3 is 0 Å². The van der Waals surface area contributed by atoms with Crippen molar-refractivity contribution in [1.29, 1.82) is 0 Å². The minimum atomic E-state index is -0.276. The molecule has 4 rings (SSSR count). The lowest BCUT2D eigenvalue weighted by molar-refractivity contribution is -0.111. The molecule has 0 atom stereocenters. The van der Waals surface area contributed by atoms with Gasteiger partial charge in [-0.3, -0.25) is 9.59 Å². The molecule has 3 aromatic rings. The summed E-state index contributed by atoms with van der Waals surface area (Å²) in [6.45, 7) is 0.549. The number of nitrogens with one attached hydrogen (secondary N) is 2. The van der Waals surface area contributed by atoms with E-state index in [9.17, 15) is 9.59 Å². The molecule has 32 heavy (non-hydrogen) atoms. The summed E-state index contributed by atoms with van der Waals surface area (Å²) in [5.74, 6) is -0.396. The van der Waals surface area contributed by atoms with Crippen LogP contribution in [0.1, 0.15) is 44.8 Å². The number of fused-ring (bicyclic) bond motifs is 1. The molecule has 164 valence electrons. The maximum atomic E-state index is 13.1. The Morgan fingerprint density at radius 2 is 1.75 bits per heavy atom. The first kappa shape index (κ1) is 22.3. The molecule has 0 bridgehead atoms. The summed E-state index contributed by atoms with van der Waals surface area (Å²) in [7, 11) is 0. The number of aryl methyl sites for hydroxylation is 1. The molecule has 1 heterocycles. The van der Waals surface area contributed by atoms with Crippen LogP contribution in [0.4, 0.5) is 5.00 Å². The number of thiophene rings is 1. The van der Waals surface area contributed by atoms with Crippen molar-refractivity contribution in [3.8, 4) is 0 Å². The van der Waals surface area contributed by atoms with E-state index in [1.54, 1.807) is 12.1 Å². The van der Waals surface area contributed by atoms with Crippen molar-refractivity contribution in [2.45, 2.75) is 32.1 Å². The van der Waals surface area contributed by atoms with Crippen LogP contribution < -0.4 is 10.6 Å². The topological polar surface area (TPSA) is 58.2 Å². The van der Waals surface area contributed by atoms with Gasteiger partial charge in [0.2, 0.25) is 5.91 Å². The van der Waals surface area contributed by atoms with Crippen LogP contribution in [0.2, 0.25) is 5.02 Å². The Morgan fingerprint density at radius 3 is 2.56 bits per heavy atom. The van der Waals surface area contributed by atoms with Gasteiger partial charge in [-0.25, -0.2) is 0 Å². The maximum absolute atomic E-state index is 13.1. The quantitative estimate of drug-likeness (QED) is 0.427. The average Bonchev–Trinajstić information content (AvgIpc) is 3.17. The summed E-state index contributed by atoms with van der Waals surface area (Å²) < 4.78 is 0. The summed E-state index contributed by atoms with van der Waals surface area (Å²) in [6.07, 6.45) is 7.91. The number of carbonyl (C=O) groups is 2. The molecule has 2 amide bonds. The number of anilines is 1. The molecule has 6 heteroatoms. The minimum Gasteiger partial charge on any atom is -0.352 e. The van der Waals surface area contributed by atoms with Crippen LogP contribution in [-0.4, -0.2) is 18.4 Å². The molecule has 0 saturated heterocycles. The Labute approximate surface area is 197 Å². The van der Waals surface area contributed by atoms with E-state index in [1.165, 1.54) is 27.9 Å². The highest BCUT2D eigenvalue weighted by molar-refractivity contribution is 7.17. The van der Waals surface area contributed by atoms with Crippen LogP contribution in [0.15, 0.2) is 60.7 Å². The van der Waals surface area contributed by atoms with Gasteiger partial charge in [-0.15, -0.1) is 11.3 Å². The summed E-state index contributed by atoms with van der Waals surface area (Å²) in [5.41, 5.74) is 3.66. The lowest BCUT2D eigenvalue weighted by atomic mass is 9.95. The molecule has 0 fully saturated rings. The fourth-order valence-electron chi connectivity index (χ4n) is 3.88. The molecule has 1 aliphatic rings. The van der Waals surface area contributed by atoms with E-state index in [1.807, 2.05) is 36.4 Å². The van der Waals surface area contributed by atoms with Gasteiger partial charge in [-0.2, -0.15) is 0 Å². The number of halogens is 1. The van der Waals surface area contributed by atoms with Gasteiger partial charge in [-0.05, 0) is 60.9 Å². The lowest BCUT2D eigenvalue weighted by Crippen LogP contribution is -2.27. The fourth-order valence-corrected chi connectivity index (χ4v) is 5.37. The summed E-state index contributed by atoms with van der Waals surface area (Å²) >= 11 is 7.68. The SMILES string of the molecule is O=C(C=Cc1ccccc1Cl)Nc1sc2c(c1C(=O)NCCc1ccccc1)CCCC2. The zero-order valence-corrected chi connectivity index (χ0v) is 19.3. The number of carbonyl (C=O) groups excluding carboxylic acids is 2. The second kappa shape index (κ2) is 10.6. The molecule has 4 nitrogen and oxygen atoms in total. The van der Waals surface area contributed by atoms with E-state index in [0.717, 1.165) is 43.2 Å². The molecule has 0 radical (unpaired) electrons. The molecule has 0 unspecified atom stereocenters. The van der Waals surface area contributed by atoms with Crippen molar-refractivity contribution in [2.75, 3.05) is 11.9 Å². The molecule has 2 N–H and O–H groups in total. The van der Waals surface area contributed by atoms with Gasteiger partial charge in [0.05, 0.1) is 5.56 Å². The minimum absolute atomic E-state index is 0.120. The van der Waals surface area contributed by atoms with Crippen LogP contribution in [0.25, 0.3) is 6.08 Å². The van der Waals surface area contributed by atoms with Gasteiger partial charge in [0.15, 0.2) is 0 Å². The zero-order chi connectivity index (χ0) is 22.3. The molecular weight excluding hydrogens is 440 g/mol. The molecule has 0 saturated carbocycles. The van der Waals surface area contributed by atoms with Crippen molar-refractivity contribution in [3.05, 3.63) is 92.8 Å². The molecule has 0 spiro atoms. The van der Waals surface area contributed by atoms with Crippen molar-refractivity contribution < 1.29 is 9.59 Å². The smallest absolute Gasteiger partial charge is 0.254 e. The van der Waals surface area contributed by atoms with Crippen molar-refractivity contribution in [3.63, 3.8) is 0 Å². The second-order valence-electron chi connectivity index (χ2n) is 7.75. The predicted molar refractivity (Wildman–Crippen MR) is 133 cm³/mol. The Kier molecular flexibility index (Phi) is 7.40. The fraction of sp³-hybridized carbons (Fsp3) is 0.231. The second-order valence-corrected chi connectivity index (χ2v) is 9.26. The average molecular weight is 465 g/mol. The van der Waals surface area contributed by atoms with Crippen molar-refractivity contribution in [1.82, 2.24) is 5.32 Å². The number of amides is 2. The Bertz CT molecular complexity index is 1140. The van der Waals surface area contributed by atoms with Gasteiger partial charge in [0, 0.05) is 22.5 Å². The van der Waals surface area contributed by atoms with Crippen LogP contribution in [0, 0.1) is 0 Å². The summed E-state index contributed by atoms with van der Waals surface area (Å²) in [5, 5.41) is 7.19. The predicted octanol–water partition coefficient (Wildman–Crippen LogP) is 5.90. The first-order valence-corrected chi connectivity index (χ1v) is 12.0. The molecular formula is C26H25ClN2O2S. The molecule has 0 aliphatic heterocycles. The van der Waals surface area contributed by atoms with E-state index in [0.29, 0.717) is 22.1 Å². The largest absolute Gasteiger partial charge is 0.352 e. The summed E-state index contributed by atoms with van der Waals surface area (Å²) in [6, 6.07) is 17.4. The van der Waals surface area contributed by atoms with Gasteiger partial charge in [0.1, 0.15) is 5.00 Å². The van der Waals surface area contributed by atoms with Crippen LogP contribution in [0.3, 0.4) is 0 Å². The molecule has 1 aromatic heterocycles. The highest BCUT2D eigenvalue weighted by Crippen LogP contribution is 2.38. The summed E-state index contributed by atoms with van der Waals surface area (Å²) in [4.78, 5) is 26.9. The van der Waals surface area contributed by atoms with Gasteiger partial charge in [0.25, 0.3) is 5.91 Å². The standard InChI is InChI=1S/C26H25ClN2O2S/c27-21-12-6-4-10-19(21)14-15-23(30)29-26-24(20-11-5-7-13-22(20)32-26)25(31)28-17-16-18-8-2-1-3-9-18/h1-4,6,8-10,12,14-15H,5,7,11,13,16-17H2,(H,28,31)(H,29,30). The third-order valence-electron chi connectivity index (χ3n) is 5.50. The maximum Gasteiger partial charge on any atom is 0.254 e. The monoisotopic (exact) mass is 464 g/mol. The highest BCUT2D eigenvalue weighted by atomic mass is 35.5. The number of hydrogen-bond acceptors (Lipinski definition) is 3. The van der Waals surface area contributed by atoms with Crippen LogP contribution in [-0.2, 0) is 24.1 Å². The van der Waals surface area contributed by atoms with E-state index in [2.05, 4.69) is 22.8 Å². The van der Waals surface area contributed by atoms with E-state index >= 15 is 0 Å². The molecule has 2 aromatic carbocycles. The van der Waals surface area contributed by atoms with Crippen LogP contribution >= 0.6 is 22.9 Å². The van der Waals surface area contributed by atoms with Gasteiger partial charge in [-0.1, -0.05) is 60.1 Å². The van der Waals surface area contributed by atoms with Gasteiger partial charge < -0.3 is 10.6 Å². The lowest BCUT2D eigenvalue weighted by Gasteiger charge is -2.13. The zero-order valence-electron chi connectivity index (χ0n) is 17.7. The van der Waals surface area contributed by atoms with E-state index < -0.39 is 0 Å². The van der Waals surface area contributed by atoms with Crippen molar-refractivity contribution >= 4 is 45.8 Å². The third kappa shape index (κ3) is 5.47. The number of benzene rings is 2. The Morgan fingerprint density at radius 1 is 1.00 bits per heavy atom. The molecule has 1 aliphatic carbocycles. The number of hydrogen-bond donors (Lipinski definition) is 2. The first-order valence-electron chi connectivity index (χ1n) is 10.8. The van der Waals surface area contributed by atoms with E-state index in [-0.39, 0.29) is 11.8 Å². The highest BCUT2D eigenvalue weighted by Gasteiger charge is 2.25. The van der Waals surface area contributed by atoms with E-state index in [4.69, 9.17) is 11.6 Å².